The van der Waals surface area contributed by atoms with Gasteiger partial charge < -0.3 is 5.32 Å². The number of carbonyl (C=O) groups excluding carboxylic acids is 1. The Morgan fingerprint density at radius 2 is 2.00 bits per heavy atom. The number of nitrogens with zero attached hydrogens (tertiary/aromatic N) is 1. The molecule has 0 atom stereocenters. The fraction of sp³-hybridized carbons (Fsp3) is 0.533. The molecule has 0 bridgehead atoms. The Labute approximate surface area is 133 Å². The van der Waals surface area contributed by atoms with Crippen molar-refractivity contribution >= 4 is 27.5 Å². The van der Waals surface area contributed by atoms with Gasteiger partial charge in [0.1, 0.15) is 0 Å². The second-order valence-corrected chi connectivity index (χ2v) is 5.79. The molecule has 1 amide bonds. The Morgan fingerprint density at radius 1 is 1.38 bits per heavy atom. The smallest absolute Gasteiger partial charge is 0.273 e. The molecule has 1 rings (SSSR count). The molecule has 116 valence electrons. The van der Waals surface area contributed by atoms with Crippen molar-refractivity contribution in [2.45, 2.75) is 33.6 Å². The molecule has 0 aliphatic carbocycles. The first kappa shape index (κ1) is 17.6. The Bertz CT molecular complexity index is 519. The van der Waals surface area contributed by atoms with E-state index in [1.165, 1.54) is 12.1 Å². The summed E-state index contributed by atoms with van der Waals surface area (Å²) in [6.07, 6.45) is 1.89. The van der Waals surface area contributed by atoms with Crippen molar-refractivity contribution in [2.75, 3.05) is 11.9 Å². The highest BCUT2D eigenvalue weighted by Crippen LogP contribution is 2.28. The first-order valence-electron chi connectivity index (χ1n) is 6.99. The van der Waals surface area contributed by atoms with E-state index in [0.29, 0.717) is 17.7 Å². The molecule has 5 nitrogen and oxygen atoms in total. The van der Waals surface area contributed by atoms with E-state index in [9.17, 15) is 14.9 Å². The summed E-state index contributed by atoms with van der Waals surface area (Å²) in [5.74, 6) is -0.261. The van der Waals surface area contributed by atoms with Crippen LogP contribution < -0.4 is 5.32 Å². The molecular weight excluding hydrogens is 336 g/mol. The van der Waals surface area contributed by atoms with Gasteiger partial charge in [-0.05, 0) is 31.2 Å². The Balaban J connectivity index is 2.91. The summed E-state index contributed by atoms with van der Waals surface area (Å²) < 4.78 is 0. The van der Waals surface area contributed by atoms with E-state index in [1.807, 2.05) is 0 Å². The van der Waals surface area contributed by atoms with Crippen molar-refractivity contribution in [1.82, 2.24) is 5.32 Å². The van der Waals surface area contributed by atoms with E-state index >= 15 is 0 Å². The van der Waals surface area contributed by atoms with E-state index in [0.717, 1.165) is 18.2 Å². The molecule has 0 aliphatic heterocycles. The number of alkyl halides is 1. The number of benzene rings is 1. The number of nitro benzene ring substituents is 1. The second kappa shape index (κ2) is 7.54. The molecule has 0 aromatic heterocycles. The molecular formula is C15H21BrN2O3. The third kappa shape index (κ3) is 4.03. The van der Waals surface area contributed by atoms with Gasteiger partial charge in [0.05, 0.1) is 4.92 Å². The Hall–Kier alpha value is -1.43. The molecule has 0 saturated carbocycles. The number of carbonyl (C=O) groups is 1. The van der Waals surface area contributed by atoms with Crippen molar-refractivity contribution in [3.05, 3.63) is 39.4 Å². The van der Waals surface area contributed by atoms with Gasteiger partial charge in [-0.15, -0.1) is 0 Å². The van der Waals surface area contributed by atoms with Crippen LogP contribution in [0.25, 0.3) is 0 Å². The summed E-state index contributed by atoms with van der Waals surface area (Å²) in [6, 6.07) is 4.57. The lowest BCUT2D eigenvalue weighted by molar-refractivity contribution is -0.385. The molecule has 0 radical (unpaired) electrons. The van der Waals surface area contributed by atoms with Crippen molar-refractivity contribution in [2.24, 2.45) is 5.41 Å². The highest BCUT2D eigenvalue weighted by Gasteiger charge is 2.26. The van der Waals surface area contributed by atoms with Gasteiger partial charge in [0, 0.05) is 29.1 Å². The molecule has 0 unspecified atom stereocenters. The molecule has 1 N–H and O–H groups in total. The van der Waals surface area contributed by atoms with Gasteiger partial charge in [-0.3, -0.25) is 14.9 Å². The number of halogens is 1. The van der Waals surface area contributed by atoms with Crippen LogP contribution in [0.3, 0.4) is 0 Å². The van der Waals surface area contributed by atoms with Gasteiger partial charge in [-0.25, -0.2) is 0 Å². The molecule has 0 aliphatic rings. The summed E-state index contributed by atoms with van der Waals surface area (Å²) >= 11 is 3.50. The third-order valence-corrected chi connectivity index (χ3v) is 5.34. The highest BCUT2D eigenvalue weighted by atomic mass is 79.9. The van der Waals surface area contributed by atoms with E-state index < -0.39 is 4.92 Å². The van der Waals surface area contributed by atoms with Crippen LogP contribution in [-0.4, -0.2) is 22.7 Å². The normalized spacial score (nSPS) is 11.2. The van der Waals surface area contributed by atoms with E-state index in [4.69, 9.17) is 0 Å². The standard InChI is InChI=1S/C15H21BrN2O3/c1-4-15(5-2,9-16)10-17-14(19)12-7-6-8-13(11(12)3)18(20)21/h6-8H,4-5,9-10H2,1-3H3,(H,17,19). The molecule has 21 heavy (non-hydrogen) atoms. The SMILES string of the molecule is CCC(CC)(CBr)CNC(=O)c1cccc([N+](=O)[O-])c1C. The largest absolute Gasteiger partial charge is 0.351 e. The van der Waals surface area contributed by atoms with Crippen LogP contribution >= 0.6 is 15.9 Å². The number of hydrogen-bond acceptors (Lipinski definition) is 3. The first-order chi connectivity index (χ1) is 9.90. The van der Waals surface area contributed by atoms with Crippen LogP contribution in [0, 0.1) is 22.5 Å². The van der Waals surface area contributed by atoms with E-state index in [2.05, 4.69) is 35.1 Å². The lowest BCUT2D eigenvalue weighted by Gasteiger charge is -2.29. The number of nitro groups is 1. The van der Waals surface area contributed by atoms with Crippen molar-refractivity contribution < 1.29 is 9.72 Å². The minimum atomic E-state index is -0.465. The quantitative estimate of drug-likeness (QED) is 0.458. The van der Waals surface area contributed by atoms with Crippen molar-refractivity contribution in [3.63, 3.8) is 0 Å². The lowest BCUT2D eigenvalue weighted by Crippen LogP contribution is -2.38. The van der Waals surface area contributed by atoms with Crippen LogP contribution in [0.5, 0.6) is 0 Å². The molecule has 0 heterocycles. The molecule has 6 heteroatoms. The van der Waals surface area contributed by atoms with Crippen molar-refractivity contribution in [3.8, 4) is 0 Å². The minimum absolute atomic E-state index is 0.0181. The average Bonchev–Trinajstić information content (AvgIpc) is 2.49. The first-order valence-corrected chi connectivity index (χ1v) is 8.11. The summed E-state index contributed by atoms with van der Waals surface area (Å²) in [6.45, 7) is 6.34. The van der Waals surface area contributed by atoms with Crippen LogP contribution in [-0.2, 0) is 0 Å². The summed E-state index contributed by atoms with van der Waals surface area (Å²) in [5, 5.41) is 14.6. The number of nitrogens with one attached hydrogen (secondary N) is 1. The van der Waals surface area contributed by atoms with Crippen LogP contribution in [0.2, 0.25) is 0 Å². The maximum absolute atomic E-state index is 12.3. The fourth-order valence-electron chi connectivity index (χ4n) is 2.17. The average molecular weight is 357 g/mol. The monoisotopic (exact) mass is 356 g/mol. The fourth-order valence-corrected chi connectivity index (χ4v) is 3.16. The zero-order chi connectivity index (χ0) is 16.0. The van der Waals surface area contributed by atoms with Gasteiger partial charge >= 0.3 is 0 Å². The van der Waals surface area contributed by atoms with Gasteiger partial charge in [-0.2, -0.15) is 0 Å². The summed E-state index contributed by atoms with van der Waals surface area (Å²) in [7, 11) is 0. The molecule has 0 spiro atoms. The van der Waals surface area contributed by atoms with Gasteiger partial charge in [0.15, 0.2) is 0 Å². The number of amides is 1. The minimum Gasteiger partial charge on any atom is -0.351 e. The van der Waals surface area contributed by atoms with Gasteiger partial charge in [0.25, 0.3) is 11.6 Å². The van der Waals surface area contributed by atoms with E-state index in [-0.39, 0.29) is 17.0 Å². The lowest BCUT2D eigenvalue weighted by atomic mass is 9.84. The summed E-state index contributed by atoms with van der Waals surface area (Å²) in [4.78, 5) is 22.7. The number of rotatable bonds is 7. The maximum atomic E-state index is 12.3. The van der Waals surface area contributed by atoms with Gasteiger partial charge in [0.2, 0.25) is 0 Å². The zero-order valence-corrected chi connectivity index (χ0v) is 14.2. The van der Waals surface area contributed by atoms with E-state index in [1.54, 1.807) is 13.0 Å². The molecule has 1 aromatic rings. The highest BCUT2D eigenvalue weighted by molar-refractivity contribution is 9.09. The predicted octanol–water partition coefficient (Wildman–Crippen LogP) is 3.83. The topological polar surface area (TPSA) is 72.2 Å². The Morgan fingerprint density at radius 3 is 2.48 bits per heavy atom. The van der Waals surface area contributed by atoms with Crippen LogP contribution in [0.1, 0.15) is 42.6 Å². The number of hydrogen-bond donors (Lipinski definition) is 1. The second-order valence-electron chi connectivity index (χ2n) is 5.23. The molecule has 1 aromatic carbocycles. The Kier molecular flexibility index (Phi) is 6.33. The third-order valence-electron chi connectivity index (χ3n) is 4.15. The zero-order valence-electron chi connectivity index (χ0n) is 12.6. The molecule has 0 saturated heterocycles. The predicted molar refractivity (Wildman–Crippen MR) is 87.0 cm³/mol. The van der Waals surface area contributed by atoms with Crippen molar-refractivity contribution in [1.29, 1.82) is 0 Å². The molecule has 0 fully saturated rings. The van der Waals surface area contributed by atoms with Gasteiger partial charge in [-0.1, -0.05) is 35.8 Å². The maximum Gasteiger partial charge on any atom is 0.273 e. The van der Waals surface area contributed by atoms with Crippen LogP contribution in [0.15, 0.2) is 18.2 Å². The van der Waals surface area contributed by atoms with Crippen LogP contribution in [0.4, 0.5) is 5.69 Å². The summed E-state index contributed by atoms with van der Waals surface area (Å²) in [5.41, 5.74) is 0.752.